The van der Waals surface area contributed by atoms with Gasteiger partial charge in [0.2, 0.25) is 6.41 Å². The Kier molecular flexibility index (Phi) is 14.4. The van der Waals surface area contributed by atoms with Gasteiger partial charge in [-0.25, -0.2) is 0 Å². The van der Waals surface area contributed by atoms with Gasteiger partial charge in [-0.05, 0) is 0 Å². The Morgan fingerprint density at radius 3 is 2.05 bits per heavy atom. The molecule has 0 heterocycles. The van der Waals surface area contributed by atoms with Crippen LogP contribution in [0.5, 0.6) is 0 Å². The second-order valence-corrected chi connectivity index (χ2v) is 6.62. The number of rotatable bonds is 8. The topological polar surface area (TPSA) is 86.6 Å². The first kappa shape index (κ1) is 22.0. The fraction of sp³-hybridized carbons (Fsp3) is 0.778. The number of halogens is 5. The first-order valence-corrected chi connectivity index (χ1v) is 8.34. The van der Waals surface area contributed by atoms with E-state index in [1.54, 1.807) is 0 Å². The van der Waals surface area contributed by atoms with Crippen LogP contribution in [0.4, 0.5) is 0 Å². The molecule has 5 nitrogen and oxygen atoms in total. The second-order valence-electron chi connectivity index (χ2n) is 3.25. The zero-order valence-electron chi connectivity index (χ0n) is 9.66. The monoisotopic (exact) mass is 463 g/mol. The number of hydrogen-bond donors (Lipinski definition) is 3. The molecule has 0 fully saturated rings. The number of hydrogen-bond acceptors (Lipinski definition) is 3. The van der Waals surface area contributed by atoms with E-state index >= 15 is 0 Å². The van der Waals surface area contributed by atoms with E-state index in [1.165, 1.54) is 0 Å². The van der Waals surface area contributed by atoms with Crippen molar-refractivity contribution < 1.29 is 19.8 Å². The molecular weight excluding hydrogens is 452 g/mol. The average Bonchev–Trinajstić information content (AvgIpc) is 2.37. The van der Waals surface area contributed by atoms with Gasteiger partial charge in [0.25, 0.3) is 0 Å². The summed E-state index contributed by atoms with van der Waals surface area (Å²) in [7, 11) is 0. The van der Waals surface area contributed by atoms with Crippen LogP contribution in [0.25, 0.3) is 0 Å². The van der Waals surface area contributed by atoms with Gasteiger partial charge in [0.15, 0.2) is 4.33 Å². The Morgan fingerprint density at radius 1 is 1.37 bits per heavy atom. The molecule has 114 valence electrons. The Labute approximate surface area is 143 Å². The number of nitrogens with one attached hydrogen (secondary N) is 1. The van der Waals surface area contributed by atoms with E-state index in [0.717, 1.165) is 0 Å². The van der Waals surface area contributed by atoms with Crippen molar-refractivity contribution in [2.75, 3.05) is 23.8 Å². The molecule has 0 aromatic rings. The van der Waals surface area contributed by atoms with Crippen LogP contribution in [0, 0.1) is 5.92 Å². The Balaban J connectivity index is 0. The number of aliphatic hydroxyl groups excluding tert-OH is 1. The number of carboxylic acid groups (broad SMARTS) is 1. The molecule has 0 aromatic heterocycles. The lowest BCUT2D eigenvalue weighted by Gasteiger charge is -2.22. The van der Waals surface area contributed by atoms with Crippen molar-refractivity contribution in [2.45, 2.75) is 9.71 Å². The maximum absolute atomic E-state index is 10.1. The summed E-state index contributed by atoms with van der Waals surface area (Å²) in [6.45, 7) is -0.330. The summed E-state index contributed by atoms with van der Waals surface area (Å²) in [5.74, 6) is -1.06. The van der Waals surface area contributed by atoms with Crippen LogP contribution in [0.15, 0.2) is 0 Å². The van der Waals surface area contributed by atoms with Crippen molar-refractivity contribution >= 4 is 79.0 Å². The van der Waals surface area contributed by atoms with Crippen molar-refractivity contribution in [2.24, 2.45) is 5.92 Å². The molecule has 0 aliphatic rings. The van der Waals surface area contributed by atoms with Crippen LogP contribution in [0.1, 0.15) is 0 Å². The lowest BCUT2D eigenvalue weighted by molar-refractivity contribution is -0.140. The van der Waals surface area contributed by atoms with E-state index in [2.05, 4.69) is 37.2 Å². The number of carbonyl (C=O) groups excluding carboxylic acids is 1. The third-order valence-electron chi connectivity index (χ3n) is 1.76. The summed E-state index contributed by atoms with van der Waals surface area (Å²) in [5, 5.41) is 19.4. The zero-order chi connectivity index (χ0) is 15.5. The minimum atomic E-state index is -1.32. The summed E-state index contributed by atoms with van der Waals surface area (Å²) in [4.78, 5) is 19.9. The van der Waals surface area contributed by atoms with Crippen LogP contribution in [0.3, 0.4) is 0 Å². The number of carboxylic acids is 1. The van der Waals surface area contributed by atoms with Crippen LogP contribution < -0.4 is 5.32 Å². The highest BCUT2D eigenvalue weighted by atomic mass is 79.9. The van der Waals surface area contributed by atoms with Crippen molar-refractivity contribution in [3.63, 3.8) is 0 Å². The minimum Gasteiger partial charge on any atom is -0.481 e. The van der Waals surface area contributed by atoms with Gasteiger partial charge >= 0.3 is 5.97 Å². The van der Waals surface area contributed by atoms with E-state index in [9.17, 15) is 9.59 Å². The van der Waals surface area contributed by atoms with Crippen LogP contribution >= 0.6 is 66.7 Å². The first-order chi connectivity index (χ1) is 8.76. The fourth-order valence-corrected chi connectivity index (χ4v) is 2.59. The molecule has 1 amide bonds. The molecule has 10 heteroatoms. The van der Waals surface area contributed by atoms with Gasteiger partial charge in [0.05, 0.1) is 24.4 Å². The number of carbonyl (C=O) groups is 2. The molecule has 0 saturated heterocycles. The normalized spacial score (nSPS) is 12.4. The van der Waals surface area contributed by atoms with Crippen molar-refractivity contribution in [3.8, 4) is 0 Å². The number of amides is 1. The molecule has 0 aliphatic carbocycles. The maximum atomic E-state index is 10.1. The van der Waals surface area contributed by atoms with Gasteiger partial charge in [-0.2, -0.15) is 0 Å². The molecular formula is C9H14Br2Cl3NO4. The smallest absolute Gasteiger partial charge is 0.308 e. The highest BCUT2D eigenvalue weighted by Gasteiger charge is 2.32. The summed E-state index contributed by atoms with van der Waals surface area (Å²) in [6, 6.07) is 0. The highest BCUT2D eigenvalue weighted by Crippen LogP contribution is 2.28. The summed E-state index contributed by atoms with van der Waals surface area (Å²) in [6.07, 6.45) is 0.459. The van der Waals surface area contributed by atoms with Gasteiger partial charge in [0.1, 0.15) is 0 Å². The molecule has 0 aromatic carbocycles. The summed E-state index contributed by atoms with van der Waals surface area (Å²) in [5.41, 5.74) is 0. The zero-order valence-corrected chi connectivity index (χ0v) is 15.1. The Hall–Kier alpha value is 0.730. The molecule has 1 atom stereocenters. The predicted octanol–water partition coefficient (Wildman–Crippen LogP) is 1.98. The van der Waals surface area contributed by atoms with Gasteiger partial charge in [-0.3, -0.25) is 9.59 Å². The molecule has 0 saturated carbocycles. The standard InChI is InChI=1S/C5H8Cl3NO2.C4H6Br2O2/c6-4(1-10)5(7,8)2-9-3-11;5-1-3(2-6)4(7)8/h3-4,10H,1-2H2,(H,9,11);3H,1-2H2,(H,7,8). The molecule has 0 spiro atoms. The highest BCUT2D eigenvalue weighted by molar-refractivity contribution is 9.09. The SMILES string of the molecule is O=C(O)C(CBr)CBr.O=CNCC(Cl)(Cl)C(Cl)CO. The number of aliphatic hydroxyl groups is 1. The Bertz CT molecular complexity index is 268. The molecule has 3 N–H and O–H groups in total. The maximum Gasteiger partial charge on any atom is 0.308 e. The van der Waals surface area contributed by atoms with Gasteiger partial charge < -0.3 is 15.5 Å². The van der Waals surface area contributed by atoms with E-state index < -0.39 is 15.7 Å². The molecule has 1 unspecified atom stereocenters. The number of alkyl halides is 5. The lowest BCUT2D eigenvalue weighted by atomic mass is 10.2. The average molecular weight is 466 g/mol. The third kappa shape index (κ3) is 11.1. The Morgan fingerprint density at radius 2 is 1.84 bits per heavy atom. The van der Waals surface area contributed by atoms with Gasteiger partial charge in [-0.1, -0.05) is 55.1 Å². The van der Waals surface area contributed by atoms with Crippen molar-refractivity contribution in [1.82, 2.24) is 5.32 Å². The van der Waals surface area contributed by atoms with Gasteiger partial charge in [0, 0.05) is 10.7 Å². The van der Waals surface area contributed by atoms with Gasteiger partial charge in [-0.15, -0.1) is 11.6 Å². The molecule has 0 radical (unpaired) electrons. The predicted molar refractivity (Wildman–Crippen MR) is 83.9 cm³/mol. The number of aliphatic carboxylic acids is 1. The van der Waals surface area contributed by atoms with E-state index in [1.807, 2.05) is 0 Å². The largest absolute Gasteiger partial charge is 0.481 e. The first-order valence-electron chi connectivity index (χ1n) is 4.91. The van der Waals surface area contributed by atoms with Crippen LogP contribution in [0.2, 0.25) is 0 Å². The molecule has 0 rings (SSSR count). The van der Waals surface area contributed by atoms with E-state index in [0.29, 0.717) is 17.1 Å². The van der Waals surface area contributed by atoms with E-state index in [4.69, 9.17) is 45.0 Å². The lowest BCUT2D eigenvalue weighted by Crippen LogP contribution is -2.39. The van der Waals surface area contributed by atoms with Crippen molar-refractivity contribution in [3.05, 3.63) is 0 Å². The summed E-state index contributed by atoms with van der Waals surface area (Å²) >= 11 is 22.9. The minimum absolute atomic E-state index is 0.00827. The molecule has 19 heavy (non-hydrogen) atoms. The van der Waals surface area contributed by atoms with E-state index in [-0.39, 0.29) is 19.1 Å². The van der Waals surface area contributed by atoms with Crippen molar-refractivity contribution in [1.29, 1.82) is 0 Å². The third-order valence-corrected chi connectivity index (χ3v) is 4.85. The quantitative estimate of drug-likeness (QED) is 0.377. The molecule has 0 aliphatic heterocycles. The van der Waals surface area contributed by atoms with Crippen LogP contribution in [-0.2, 0) is 9.59 Å². The van der Waals surface area contributed by atoms with Crippen LogP contribution in [-0.4, -0.2) is 56.1 Å². The fourth-order valence-electron chi connectivity index (χ4n) is 0.595. The second kappa shape index (κ2) is 12.5. The molecule has 0 bridgehead atoms. The summed E-state index contributed by atoms with van der Waals surface area (Å²) < 4.78 is -1.32.